The van der Waals surface area contributed by atoms with Gasteiger partial charge in [0.25, 0.3) is 0 Å². The van der Waals surface area contributed by atoms with Gasteiger partial charge in [0.15, 0.2) is 0 Å². The molecule has 0 bridgehead atoms. The van der Waals surface area contributed by atoms with Crippen molar-refractivity contribution in [3.8, 4) is 22.5 Å². The maximum Gasteiger partial charge on any atom is 0.0640 e. The van der Waals surface area contributed by atoms with E-state index in [0.29, 0.717) is 0 Å². The number of para-hydroxylation sites is 2. The number of fused-ring (bicyclic) bond motifs is 7. The van der Waals surface area contributed by atoms with Crippen LogP contribution < -0.4 is 0 Å². The van der Waals surface area contributed by atoms with Crippen LogP contribution in [0, 0.1) is 0 Å². The molecule has 3 heterocycles. The number of rotatable bonds is 5. The average molecular weight is 607 g/mol. The number of thiophene rings is 1. The maximum absolute atomic E-state index is 4.20. The topological polar surface area (TPSA) is 9.86 Å². The first-order valence-electron chi connectivity index (χ1n) is 15.7. The van der Waals surface area contributed by atoms with Gasteiger partial charge in [0, 0.05) is 42.9 Å². The van der Waals surface area contributed by atoms with Crippen LogP contribution in [0.25, 0.3) is 87.5 Å². The maximum atomic E-state index is 4.20. The molecule has 0 N–H and O–H groups in total. The highest BCUT2D eigenvalue weighted by Crippen LogP contribution is 2.42. The molecule has 0 unspecified atom stereocenters. The van der Waals surface area contributed by atoms with E-state index in [1.165, 1.54) is 75.3 Å². The Morgan fingerprint density at radius 1 is 0.565 bits per heavy atom. The SMILES string of the molecule is C=Cc1c(/C=C\C)c2cc(-c3ccc4c(c3)c3ccccc3n4-c3cccc4c3sc3ccccc34)ccc2n1-c1ccccc1. The molecule has 0 saturated heterocycles. The lowest BCUT2D eigenvalue weighted by Gasteiger charge is -2.10. The molecule has 9 rings (SSSR count). The van der Waals surface area contributed by atoms with Crippen LogP contribution in [-0.4, -0.2) is 9.13 Å². The van der Waals surface area contributed by atoms with Crippen molar-refractivity contribution in [2.45, 2.75) is 6.92 Å². The van der Waals surface area contributed by atoms with E-state index in [9.17, 15) is 0 Å². The van der Waals surface area contributed by atoms with Gasteiger partial charge in [-0.1, -0.05) is 97.6 Å². The van der Waals surface area contributed by atoms with Gasteiger partial charge in [-0.15, -0.1) is 11.3 Å². The first-order valence-corrected chi connectivity index (χ1v) is 16.5. The van der Waals surface area contributed by atoms with Crippen molar-refractivity contribution in [1.29, 1.82) is 0 Å². The summed E-state index contributed by atoms with van der Waals surface area (Å²) in [4.78, 5) is 0. The van der Waals surface area contributed by atoms with Crippen LogP contribution in [0.15, 0.2) is 146 Å². The number of hydrogen-bond donors (Lipinski definition) is 0. The molecule has 218 valence electrons. The van der Waals surface area contributed by atoms with Crippen molar-refractivity contribution in [1.82, 2.24) is 9.13 Å². The van der Waals surface area contributed by atoms with Gasteiger partial charge in [0.1, 0.15) is 0 Å². The van der Waals surface area contributed by atoms with Crippen LogP contribution in [-0.2, 0) is 0 Å². The van der Waals surface area contributed by atoms with Crippen LogP contribution in [0.3, 0.4) is 0 Å². The first kappa shape index (κ1) is 26.7. The summed E-state index contributed by atoms with van der Waals surface area (Å²) >= 11 is 1.88. The fraction of sp³-hybridized carbons (Fsp3) is 0.0233. The average Bonchev–Trinajstić information content (AvgIpc) is 3.76. The summed E-state index contributed by atoms with van der Waals surface area (Å²) in [6.45, 7) is 6.28. The van der Waals surface area contributed by atoms with E-state index >= 15 is 0 Å². The van der Waals surface area contributed by atoms with E-state index < -0.39 is 0 Å². The molecule has 0 radical (unpaired) electrons. The normalized spacial score (nSPS) is 12.0. The fourth-order valence-corrected chi connectivity index (χ4v) is 8.44. The number of allylic oxidation sites excluding steroid dienone is 1. The van der Waals surface area contributed by atoms with Crippen LogP contribution in [0.5, 0.6) is 0 Å². The van der Waals surface area contributed by atoms with Gasteiger partial charge in [-0.3, -0.25) is 0 Å². The van der Waals surface area contributed by atoms with E-state index in [2.05, 4.69) is 168 Å². The quantitative estimate of drug-likeness (QED) is 0.184. The third kappa shape index (κ3) is 3.89. The molecule has 0 fully saturated rings. The summed E-state index contributed by atoms with van der Waals surface area (Å²) in [6.07, 6.45) is 6.29. The summed E-state index contributed by atoms with van der Waals surface area (Å²) < 4.78 is 7.41. The van der Waals surface area contributed by atoms with Gasteiger partial charge < -0.3 is 9.13 Å². The highest BCUT2D eigenvalue weighted by Gasteiger charge is 2.19. The number of benzene rings is 6. The molecule has 2 nitrogen and oxygen atoms in total. The Kier molecular flexibility index (Phi) is 6.09. The minimum Gasteiger partial charge on any atom is -0.309 e. The molecule has 46 heavy (non-hydrogen) atoms. The van der Waals surface area contributed by atoms with Crippen molar-refractivity contribution >= 4 is 76.4 Å². The number of nitrogens with zero attached hydrogens (tertiary/aromatic N) is 2. The van der Waals surface area contributed by atoms with E-state index in [0.717, 1.165) is 11.4 Å². The Morgan fingerprint density at radius 3 is 2.00 bits per heavy atom. The van der Waals surface area contributed by atoms with Crippen molar-refractivity contribution in [3.63, 3.8) is 0 Å². The summed E-state index contributed by atoms with van der Waals surface area (Å²) in [5, 5.41) is 6.37. The lowest BCUT2D eigenvalue weighted by molar-refractivity contribution is 1.11. The highest BCUT2D eigenvalue weighted by atomic mass is 32.1. The van der Waals surface area contributed by atoms with E-state index in [1.807, 2.05) is 17.4 Å². The summed E-state index contributed by atoms with van der Waals surface area (Å²) in [5.74, 6) is 0. The summed E-state index contributed by atoms with van der Waals surface area (Å²) in [7, 11) is 0. The van der Waals surface area contributed by atoms with Gasteiger partial charge in [-0.05, 0) is 78.7 Å². The number of hydrogen-bond acceptors (Lipinski definition) is 1. The largest absolute Gasteiger partial charge is 0.309 e. The predicted octanol–water partition coefficient (Wildman–Crippen LogP) is 12.4. The molecule has 0 aliphatic heterocycles. The van der Waals surface area contributed by atoms with Crippen LogP contribution in [0.1, 0.15) is 18.2 Å². The molecule has 6 aromatic carbocycles. The first-order chi connectivity index (χ1) is 22.7. The highest BCUT2D eigenvalue weighted by molar-refractivity contribution is 7.26. The van der Waals surface area contributed by atoms with Crippen LogP contribution >= 0.6 is 11.3 Å². The lowest BCUT2D eigenvalue weighted by Crippen LogP contribution is -1.96. The zero-order chi connectivity index (χ0) is 30.8. The van der Waals surface area contributed by atoms with Gasteiger partial charge in [0.2, 0.25) is 0 Å². The molecular formula is C43H30N2S. The Hall–Kier alpha value is -5.64. The lowest BCUT2D eigenvalue weighted by atomic mass is 10.00. The van der Waals surface area contributed by atoms with E-state index in [1.54, 1.807) is 0 Å². The fourth-order valence-electron chi connectivity index (χ4n) is 7.23. The van der Waals surface area contributed by atoms with Gasteiger partial charge in [-0.25, -0.2) is 0 Å². The molecule has 0 amide bonds. The smallest absolute Gasteiger partial charge is 0.0640 e. The monoisotopic (exact) mass is 606 g/mol. The minimum absolute atomic E-state index is 1.10. The molecule has 0 atom stereocenters. The third-order valence-corrected chi connectivity index (χ3v) is 10.4. The third-order valence-electron chi connectivity index (χ3n) is 9.22. The molecule has 0 aliphatic carbocycles. The van der Waals surface area contributed by atoms with E-state index in [-0.39, 0.29) is 0 Å². The Labute approximate surface area is 271 Å². The molecule has 3 aromatic heterocycles. The second kappa shape index (κ2) is 10.5. The second-order valence-corrected chi connectivity index (χ2v) is 12.8. The van der Waals surface area contributed by atoms with Crippen molar-refractivity contribution < 1.29 is 0 Å². The zero-order valence-electron chi connectivity index (χ0n) is 25.4. The molecular weight excluding hydrogens is 577 g/mol. The van der Waals surface area contributed by atoms with Crippen LogP contribution in [0.2, 0.25) is 0 Å². The minimum atomic E-state index is 1.10. The van der Waals surface area contributed by atoms with E-state index in [4.69, 9.17) is 0 Å². The second-order valence-electron chi connectivity index (χ2n) is 11.7. The molecule has 0 spiro atoms. The summed E-state index contributed by atoms with van der Waals surface area (Å²) in [6, 6.07) is 48.6. The molecule has 3 heteroatoms. The summed E-state index contributed by atoms with van der Waals surface area (Å²) in [5.41, 5.74) is 10.7. The molecule has 0 saturated carbocycles. The Balaban J connectivity index is 1.27. The van der Waals surface area contributed by atoms with Crippen molar-refractivity contribution in [3.05, 3.63) is 157 Å². The van der Waals surface area contributed by atoms with Crippen molar-refractivity contribution in [2.75, 3.05) is 0 Å². The van der Waals surface area contributed by atoms with Gasteiger partial charge in [0.05, 0.1) is 32.6 Å². The molecule has 9 aromatic rings. The van der Waals surface area contributed by atoms with Gasteiger partial charge in [-0.2, -0.15) is 0 Å². The molecule has 0 aliphatic rings. The standard InChI is InChI=1S/C43H30N2S/c1-3-13-31-35-26-28(22-24-39(35)44(37(31)4-2)30-14-6-5-7-15-30)29-23-25-40-36(27-29)32-16-8-10-19-38(32)45(40)41-20-12-18-34-33-17-9-11-21-42(33)46-43(34)41/h3-27H,2H2,1H3/b13-3-. The van der Waals surface area contributed by atoms with Crippen LogP contribution in [0.4, 0.5) is 0 Å². The number of aromatic nitrogens is 2. The van der Waals surface area contributed by atoms with Crippen molar-refractivity contribution in [2.24, 2.45) is 0 Å². The zero-order valence-corrected chi connectivity index (χ0v) is 26.3. The Morgan fingerprint density at radius 2 is 1.22 bits per heavy atom. The Bertz CT molecular complexity index is 2660. The van der Waals surface area contributed by atoms with Gasteiger partial charge >= 0.3 is 0 Å². The predicted molar refractivity (Wildman–Crippen MR) is 201 cm³/mol.